The Morgan fingerprint density at radius 2 is 1.69 bits per heavy atom. The predicted octanol–water partition coefficient (Wildman–Crippen LogP) is 7.32. The van der Waals surface area contributed by atoms with Crippen molar-refractivity contribution in [3.8, 4) is 11.5 Å². The van der Waals surface area contributed by atoms with Gasteiger partial charge in [0.15, 0.2) is 0 Å². The molecule has 11 heteroatoms. The van der Waals surface area contributed by atoms with Crippen LogP contribution in [0.1, 0.15) is 36.5 Å². The minimum atomic E-state index is -4.64. The minimum Gasteiger partial charge on any atom is -0.494 e. The highest BCUT2D eigenvalue weighted by Gasteiger charge is 2.35. The Morgan fingerprint density at radius 1 is 1.00 bits per heavy atom. The van der Waals surface area contributed by atoms with Gasteiger partial charge >= 0.3 is 12.4 Å². The zero-order valence-corrected chi connectivity index (χ0v) is 20.5. The van der Waals surface area contributed by atoms with Gasteiger partial charge < -0.3 is 14.6 Å². The SMILES string of the molecule is CS/C(=C\N=CC(C)CO)c1ccc(OCCCCOc2cccc(C(F)(F)F)c2)c(C(F)(F)F)c1. The summed E-state index contributed by atoms with van der Waals surface area (Å²) in [6.07, 6.45) is -3.74. The standard InChI is InChI=1S/C25H27F6NO3S/c1-17(16-33)14-32-15-23(36-2)18-8-9-22(21(12-18)25(29,30)31)35-11-4-3-10-34-20-7-5-6-19(13-20)24(26,27)28/h5-9,12-15,17,33H,3-4,10-11,16H2,1-2H3/b23-15-,32-14?. The number of aliphatic imine (C=N–C) groups is 1. The second kappa shape index (κ2) is 13.6. The summed E-state index contributed by atoms with van der Waals surface area (Å²) in [6.45, 7) is 1.73. The molecule has 1 N–H and O–H groups in total. The van der Waals surface area contributed by atoms with Gasteiger partial charge in [0.2, 0.25) is 0 Å². The van der Waals surface area contributed by atoms with E-state index in [4.69, 9.17) is 14.6 Å². The van der Waals surface area contributed by atoms with E-state index in [-0.39, 0.29) is 37.2 Å². The fraction of sp³-hybridized carbons (Fsp3) is 0.400. The lowest BCUT2D eigenvalue weighted by atomic mass is 10.1. The number of unbranched alkanes of at least 4 members (excludes halogenated alkanes) is 1. The highest BCUT2D eigenvalue weighted by Crippen LogP contribution is 2.39. The van der Waals surface area contributed by atoms with Gasteiger partial charge in [-0.05, 0) is 55.0 Å². The zero-order chi connectivity index (χ0) is 26.8. The molecule has 0 aliphatic heterocycles. The lowest BCUT2D eigenvalue weighted by Crippen LogP contribution is -2.10. The molecule has 0 saturated carbocycles. The van der Waals surface area contributed by atoms with Gasteiger partial charge in [-0.25, -0.2) is 0 Å². The second-order valence-electron chi connectivity index (χ2n) is 7.79. The normalized spacial score (nSPS) is 13.8. The van der Waals surface area contributed by atoms with Crippen LogP contribution in [-0.4, -0.2) is 37.4 Å². The molecule has 36 heavy (non-hydrogen) atoms. The van der Waals surface area contributed by atoms with Crippen LogP contribution in [0.15, 0.2) is 53.7 Å². The number of ether oxygens (including phenoxy) is 2. The van der Waals surface area contributed by atoms with Crippen LogP contribution in [0.25, 0.3) is 4.91 Å². The first kappa shape index (κ1) is 29.6. The lowest BCUT2D eigenvalue weighted by molar-refractivity contribution is -0.139. The van der Waals surface area contributed by atoms with E-state index in [0.29, 0.717) is 23.3 Å². The van der Waals surface area contributed by atoms with Crippen LogP contribution in [0, 0.1) is 5.92 Å². The number of alkyl halides is 6. The molecule has 0 aromatic heterocycles. The topological polar surface area (TPSA) is 51.1 Å². The maximum Gasteiger partial charge on any atom is 0.419 e. The molecule has 0 heterocycles. The first-order valence-electron chi connectivity index (χ1n) is 11.0. The molecule has 1 atom stereocenters. The number of hydrogen-bond acceptors (Lipinski definition) is 5. The summed E-state index contributed by atoms with van der Waals surface area (Å²) < 4.78 is 89.9. The van der Waals surface area contributed by atoms with Crippen LogP contribution in [0.3, 0.4) is 0 Å². The largest absolute Gasteiger partial charge is 0.494 e. The third-order valence-corrected chi connectivity index (χ3v) is 5.62. The van der Waals surface area contributed by atoms with E-state index >= 15 is 0 Å². The number of rotatable bonds is 12. The van der Waals surface area contributed by atoms with Crippen molar-refractivity contribution in [3.05, 3.63) is 65.4 Å². The van der Waals surface area contributed by atoms with Crippen LogP contribution in [0.5, 0.6) is 11.5 Å². The van der Waals surface area contributed by atoms with Crippen molar-refractivity contribution in [2.24, 2.45) is 10.9 Å². The Morgan fingerprint density at radius 3 is 2.31 bits per heavy atom. The summed E-state index contributed by atoms with van der Waals surface area (Å²) in [5, 5.41) is 9.04. The number of aliphatic hydroxyl groups excluding tert-OH is 1. The van der Waals surface area contributed by atoms with Crippen molar-refractivity contribution in [3.63, 3.8) is 0 Å². The van der Waals surface area contributed by atoms with Gasteiger partial charge in [0.05, 0.1) is 30.9 Å². The number of halogens is 6. The smallest absolute Gasteiger partial charge is 0.419 e. The minimum absolute atomic E-state index is 0.0249. The maximum absolute atomic E-state index is 13.7. The van der Waals surface area contributed by atoms with E-state index < -0.39 is 23.5 Å². The molecule has 0 aliphatic carbocycles. The van der Waals surface area contributed by atoms with Crippen molar-refractivity contribution >= 4 is 22.9 Å². The zero-order valence-electron chi connectivity index (χ0n) is 19.7. The molecule has 0 radical (unpaired) electrons. The Kier molecular flexibility index (Phi) is 11.2. The van der Waals surface area contributed by atoms with E-state index in [2.05, 4.69) is 4.99 Å². The molecule has 2 aromatic rings. The van der Waals surface area contributed by atoms with Crippen LogP contribution in [0.2, 0.25) is 0 Å². The van der Waals surface area contributed by atoms with Gasteiger partial charge in [0.25, 0.3) is 0 Å². The Labute approximate surface area is 210 Å². The third kappa shape index (κ3) is 9.42. The van der Waals surface area contributed by atoms with Gasteiger partial charge in [-0.3, -0.25) is 4.99 Å². The van der Waals surface area contributed by atoms with Crippen LogP contribution >= 0.6 is 11.8 Å². The third-order valence-electron chi connectivity index (χ3n) is 4.84. The van der Waals surface area contributed by atoms with Gasteiger partial charge in [0, 0.05) is 23.2 Å². The van der Waals surface area contributed by atoms with Crippen molar-refractivity contribution in [1.29, 1.82) is 0 Å². The Bertz CT molecular complexity index is 1040. The molecule has 0 aliphatic rings. The van der Waals surface area contributed by atoms with E-state index in [1.165, 1.54) is 48.4 Å². The number of thioether (sulfide) groups is 1. The van der Waals surface area contributed by atoms with Gasteiger partial charge in [0.1, 0.15) is 11.5 Å². The average molecular weight is 536 g/mol. The molecule has 2 rings (SSSR count). The quantitative estimate of drug-likeness (QED) is 0.176. The number of benzene rings is 2. The molecule has 198 valence electrons. The summed E-state index contributed by atoms with van der Waals surface area (Å²) in [5.41, 5.74) is -1.42. The maximum atomic E-state index is 13.7. The van der Waals surface area contributed by atoms with Gasteiger partial charge in [-0.15, -0.1) is 11.8 Å². The van der Waals surface area contributed by atoms with E-state index in [0.717, 1.165) is 18.2 Å². The van der Waals surface area contributed by atoms with Crippen LogP contribution < -0.4 is 9.47 Å². The molecule has 0 amide bonds. The lowest BCUT2D eigenvalue weighted by Gasteiger charge is -2.16. The number of aliphatic hydroxyl groups is 1. The van der Waals surface area contributed by atoms with Crippen molar-refractivity contribution < 1.29 is 40.9 Å². The predicted molar refractivity (Wildman–Crippen MR) is 129 cm³/mol. The fourth-order valence-electron chi connectivity index (χ4n) is 2.92. The molecule has 0 bridgehead atoms. The van der Waals surface area contributed by atoms with Gasteiger partial charge in [-0.2, -0.15) is 26.3 Å². The summed E-state index contributed by atoms with van der Waals surface area (Å²) in [5.74, 6) is -0.433. The molecule has 0 saturated heterocycles. The van der Waals surface area contributed by atoms with Crippen molar-refractivity contribution in [2.45, 2.75) is 32.1 Å². The van der Waals surface area contributed by atoms with Crippen LogP contribution in [-0.2, 0) is 12.4 Å². The summed E-state index contributed by atoms with van der Waals surface area (Å²) in [4.78, 5) is 4.59. The Hall–Kier alpha value is -2.66. The van der Waals surface area contributed by atoms with Gasteiger partial charge in [-0.1, -0.05) is 19.1 Å². The summed E-state index contributed by atoms with van der Waals surface area (Å²) in [6, 6.07) is 8.23. The van der Waals surface area contributed by atoms with E-state index in [9.17, 15) is 26.3 Å². The number of hydrogen-bond donors (Lipinski definition) is 1. The summed E-state index contributed by atoms with van der Waals surface area (Å²) >= 11 is 1.24. The molecule has 0 spiro atoms. The van der Waals surface area contributed by atoms with Crippen LogP contribution in [0.4, 0.5) is 26.3 Å². The van der Waals surface area contributed by atoms with Crippen molar-refractivity contribution in [2.75, 3.05) is 26.1 Å². The molecule has 4 nitrogen and oxygen atoms in total. The molecule has 2 aromatic carbocycles. The Balaban J connectivity index is 1.97. The first-order chi connectivity index (χ1) is 17.0. The van der Waals surface area contributed by atoms with E-state index in [1.54, 1.807) is 13.2 Å². The second-order valence-corrected chi connectivity index (χ2v) is 8.64. The van der Waals surface area contributed by atoms with E-state index in [1.807, 2.05) is 0 Å². The molecule has 1 unspecified atom stereocenters. The first-order valence-corrected chi connectivity index (χ1v) is 12.2. The summed E-state index contributed by atoms with van der Waals surface area (Å²) in [7, 11) is 0. The average Bonchev–Trinajstić information content (AvgIpc) is 2.83. The highest BCUT2D eigenvalue weighted by molar-refractivity contribution is 8.07. The number of nitrogens with zero attached hydrogens (tertiary/aromatic N) is 1. The fourth-order valence-corrected chi connectivity index (χ4v) is 3.45. The highest BCUT2D eigenvalue weighted by atomic mass is 32.2. The van der Waals surface area contributed by atoms with Crippen molar-refractivity contribution in [1.82, 2.24) is 0 Å². The monoisotopic (exact) mass is 535 g/mol. The molecular weight excluding hydrogens is 508 g/mol. The molecule has 0 fully saturated rings. The molecular formula is C25H27F6NO3S.